The largest absolute Gasteiger partial charge is 0.352 e. The summed E-state index contributed by atoms with van der Waals surface area (Å²) in [5.74, 6) is 1.18. The van der Waals surface area contributed by atoms with Gasteiger partial charge in [-0.1, -0.05) is 18.2 Å². The van der Waals surface area contributed by atoms with E-state index in [-0.39, 0.29) is 0 Å². The quantitative estimate of drug-likeness (QED) is 0.543. The number of para-hydroxylation sites is 1. The van der Waals surface area contributed by atoms with E-state index in [1.807, 2.05) is 43.4 Å². The molecule has 0 radical (unpaired) electrons. The summed E-state index contributed by atoms with van der Waals surface area (Å²) in [6, 6.07) is 14.0. The Balaban J connectivity index is 1.72. The fourth-order valence-electron chi connectivity index (χ4n) is 2.92. The van der Waals surface area contributed by atoms with Crippen molar-refractivity contribution in [3.63, 3.8) is 0 Å². The summed E-state index contributed by atoms with van der Waals surface area (Å²) in [4.78, 5) is 12.2. The molecule has 0 amide bonds. The molecule has 5 aromatic rings. The van der Waals surface area contributed by atoms with Crippen LogP contribution in [-0.4, -0.2) is 34.3 Å². The first kappa shape index (κ1) is 13.0. The highest BCUT2D eigenvalue weighted by Crippen LogP contribution is 2.24. The van der Waals surface area contributed by atoms with Crippen LogP contribution in [-0.2, 0) is 7.05 Å². The smallest absolute Gasteiger partial charge is 0.253 e. The Morgan fingerprint density at radius 3 is 2.71 bits per heavy atom. The fraction of sp³-hybridized carbons (Fsp3) is 0.0588. The molecule has 24 heavy (non-hydrogen) atoms. The van der Waals surface area contributed by atoms with E-state index in [1.54, 1.807) is 21.6 Å². The SMILES string of the molecule is Cn1nccc1-c1ccnc2nc(-c3cc4ccccc4[nH]3)nn12. The van der Waals surface area contributed by atoms with Gasteiger partial charge in [-0.2, -0.15) is 14.6 Å². The van der Waals surface area contributed by atoms with Gasteiger partial charge in [0.2, 0.25) is 0 Å². The number of H-pyrrole nitrogens is 1. The van der Waals surface area contributed by atoms with Crippen molar-refractivity contribution in [3.05, 3.63) is 54.9 Å². The number of aromatic amines is 1. The minimum Gasteiger partial charge on any atom is -0.352 e. The zero-order valence-corrected chi connectivity index (χ0v) is 12.9. The van der Waals surface area contributed by atoms with Gasteiger partial charge in [0.1, 0.15) is 0 Å². The fourth-order valence-corrected chi connectivity index (χ4v) is 2.92. The molecule has 0 saturated heterocycles. The summed E-state index contributed by atoms with van der Waals surface area (Å²) >= 11 is 0. The van der Waals surface area contributed by atoms with Gasteiger partial charge in [-0.05, 0) is 24.3 Å². The van der Waals surface area contributed by atoms with Crippen molar-refractivity contribution in [2.45, 2.75) is 0 Å². The number of hydrogen-bond acceptors (Lipinski definition) is 4. The van der Waals surface area contributed by atoms with Gasteiger partial charge >= 0.3 is 0 Å². The molecule has 0 unspecified atom stereocenters. The van der Waals surface area contributed by atoms with E-state index in [0.29, 0.717) is 11.6 Å². The topological polar surface area (TPSA) is 76.7 Å². The van der Waals surface area contributed by atoms with Crippen LogP contribution in [0.1, 0.15) is 0 Å². The summed E-state index contributed by atoms with van der Waals surface area (Å²) in [5, 5.41) is 10.00. The summed E-state index contributed by atoms with van der Waals surface area (Å²) in [6.07, 6.45) is 3.50. The Bertz CT molecular complexity index is 1150. The van der Waals surface area contributed by atoms with E-state index in [4.69, 9.17) is 0 Å². The van der Waals surface area contributed by atoms with Crippen molar-refractivity contribution in [3.8, 4) is 22.9 Å². The van der Waals surface area contributed by atoms with Crippen LogP contribution >= 0.6 is 0 Å². The maximum atomic E-state index is 4.65. The van der Waals surface area contributed by atoms with Crippen molar-refractivity contribution < 1.29 is 0 Å². The van der Waals surface area contributed by atoms with Crippen LogP contribution < -0.4 is 0 Å². The highest BCUT2D eigenvalue weighted by Gasteiger charge is 2.14. The van der Waals surface area contributed by atoms with Crippen LogP contribution in [0.3, 0.4) is 0 Å². The summed E-state index contributed by atoms with van der Waals surface area (Å²) in [7, 11) is 1.90. The Hall–Kier alpha value is -3.48. The van der Waals surface area contributed by atoms with Crippen LogP contribution in [0.15, 0.2) is 54.9 Å². The van der Waals surface area contributed by atoms with Gasteiger partial charge in [0, 0.05) is 30.3 Å². The highest BCUT2D eigenvalue weighted by molar-refractivity contribution is 5.84. The van der Waals surface area contributed by atoms with Gasteiger partial charge in [-0.25, -0.2) is 4.98 Å². The van der Waals surface area contributed by atoms with Gasteiger partial charge < -0.3 is 4.98 Å². The number of rotatable bonds is 2. The second-order valence-corrected chi connectivity index (χ2v) is 5.59. The second-order valence-electron chi connectivity index (χ2n) is 5.59. The number of benzene rings is 1. The molecule has 0 aliphatic carbocycles. The molecule has 4 aromatic heterocycles. The highest BCUT2D eigenvalue weighted by atomic mass is 15.4. The molecular weight excluding hydrogens is 302 g/mol. The number of aryl methyl sites for hydroxylation is 1. The lowest BCUT2D eigenvalue weighted by Crippen LogP contribution is -2.00. The predicted octanol–water partition coefficient (Wildman–Crippen LogP) is 2.67. The van der Waals surface area contributed by atoms with Crippen LogP contribution in [0.4, 0.5) is 0 Å². The third kappa shape index (κ3) is 1.84. The van der Waals surface area contributed by atoms with E-state index in [9.17, 15) is 0 Å². The molecule has 7 nitrogen and oxygen atoms in total. The molecule has 0 atom stereocenters. The van der Waals surface area contributed by atoms with E-state index in [2.05, 4.69) is 31.2 Å². The minimum absolute atomic E-state index is 0.558. The molecule has 0 saturated carbocycles. The molecule has 7 heteroatoms. The number of fused-ring (bicyclic) bond motifs is 2. The van der Waals surface area contributed by atoms with Gasteiger partial charge in [-0.3, -0.25) is 4.68 Å². The Morgan fingerprint density at radius 2 is 1.88 bits per heavy atom. The van der Waals surface area contributed by atoms with Crippen LogP contribution in [0.25, 0.3) is 39.6 Å². The molecular formula is C17H13N7. The zero-order chi connectivity index (χ0) is 16.1. The predicted molar refractivity (Wildman–Crippen MR) is 90.3 cm³/mol. The Morgan fingerprint density at radius 1 is 1.00 bits per heavy atom. The molecule has 0 fully saturated rings. The van der Waals surface area contributed by atoms with Crippen molar-refractivity contribution >= 4 is 16.7 Å². The molecule has 1 N–H and O–H groups in total. The first-order chi connectivity index (χ1) is 11.8. The van der Waals surface area contributed by atoms with E-state index >= 15 is 0 Å². The Labute approximate surface area is 136 Å². The van der Waals surface area contributed by atoms with E-state index in [0.717, 1.165) is 28.0 Å². The summed E-state index contributed by atoms with van der Waals surface area (Å²) in [6.45, 7) is 0. The average Bonchev–Trinajstić information content (AvgIpc) is 3.31. The van der Waals surface area contributed by atoms with Crippen LogP contribution in [0.2, 0.25) is 0 Å². The number of nitrogens with one attached hydrogen (secondary N) is 1. The molecule has 0 spiro atoms. The van der Waals surface area contributed by atoms with E-state index in [1.165, 1.54) is 0 Å². The molecule has 0 aliphatic heterocycles. The summed E-state index contributed by atoms with van der Waals surface area (Å²) in [5.41, 5.74) is 3.79. The standard InChI is InChI=1S/C17H13N7/c1-23-14(7-9-19-23)15-6-8-18-17-21-16(22-24(15)17)13-10-11-4-2-3-5-12(11)20-13/h2-10,20H,1H3. The molecule has 1 aromatic carbocycles. The molecule has 116 valence electrons. The third-order valence-corrected chi connectivity index (χ3v) is 4.09. The number of aromatic nitrogens is 7. The molecule has 0 aliphatic rings. The molecule has 5 rings (SSSR count). The Kier molecular flexibility index (Phi) is 2.58. The second kappa shape index (κ2) is 4.76. The molecule has 0 bridgehead atoms. The first-order valence-corrected chi connectivity index (χ1v) is 7.58. The maximum absolute atomic E-state index is 4.65. The van der Waals surface area contributed by atoms with Crippen molar-refractivity contribution in [2.75, 3.05) is 0 Å². The van der Waals surface area contributed by atoms with Gasteiger partial charge in [-0.15, -0.1) is 5.10 Å². The number of hydrogen-bond donors (Lipinski definition) is 1. The lowest BCUT2D eigenvalue weighted by molar-refractivity contribution is 0.767. The monoisotopic (exact) mass is 315 g/mol. The van der Waals surface area contributed by atoms with Crippen molar-refractivity contribution in [1.82, 2.24) is 34.3 Å². The van der Waals surface area contributed by atoms with E-state index < -0.39 is 0 Å². The summed E-state index contributed by atoms with van der Waals surface area (Å²) < 4.78 is 3.55. The number of nitrogens with zero attached hydrogens (tertiary/aromatic N) is 6. The average molecular weight is 315 g/mol. The van der Waals surface area contributed by atoms with Crippen molar-refractivity contribution in [1.29, 1.82) is 0 Å². The van der Waals surface area contributed by atoms with Gasteiger partial charge in [0.15, 0.2) is 5.82 Å². The maximum Gasteiger partial charge on any atom is 0.253 e. The normalized spacial score (nSPS) is 11.5. The van der Waals surface area contributed by atoms with Crippen molar-refractivity contribution in [2.24, 2.45) is 7.05 Å². The first-order valence-electron chi connectivity index (χ1n) is 7.58. The van der Waals surface area contributed by atoms with Crippen LogP contribution in [0.5, 0.6) is 0 Å². The zero-order valence-electron chi connectivity index (χ0n) is 12.9. The third-order valence-electron chi connectivity index (χ3n) is 4.09. The lowest BCUT2D eigenvalue weighted by atomic mass is 10.2. The van der Waals surface area contributed by atoms with Crippen LogP contribution in [0, 0.1) is 0 Å². The van der Waals surface area contributed by atoms with Gasteiger partial charge in [0.05, 0.1) is 17.1 Å². The lowest BCUT2D eigenvalue weighted by Gasteiger charge is -2.03. The van der Waals surface area contributed by atoms with Gasteiger partial charge in [0.25, 0.3) is 5.78 Å². The minimum atomic E-state index is 0.558. The molecule has 4 heterocycles.